The Hall–Kier alpha value is -6.44. The van der Waals surface area contributed by atoms with Crippen molar-refractivity contribution in [3.05, 3.63) is 138 Å². The topological polar surface area (TPSA) is 105 Å². The zero-order chi connectivity index (χ0) is 40.2. The Morgan fingerprint density at radius 2 is 0.778 bits per heavy atom. The lowest BCUT2D eigenvalue weighted by atomic mass is 10.1. The molecule has 20 heteroatoms. The van der Waals surface area contributed by atoms with Gasteiger partial charge >= 0.3 is 24.7 Å². The maximum Gasteiger partial charge on any atom is 0.416 e. The van der Waals surface area contributed by atoms with Crippen LogP contribution in [0, 0.1) is 43.9 Å². The molecule has 4 aromatic carbocycles. The second-order valence-electron chi connectivity index (χ2n) is 10.8. The van der Waals surface area contributed by atoms with Crippen LogP contribution in [0.4, 0.5) is 64.1 Å². The van der Waals surface area contributed by atoms with Crippen LogP contribution in [-0.2, 0) is 37.9 Å². The van der Waals surface area contributed by atoms with Crippen molar-refractivity contribution in [2.24, 2.45) is 0 Å². The number of halogens is 12. The highest BCUT2D eigenvalue weighted by atomic mass is 19.4. The molecule has 0 spiro atoms. The van der Waals surface area contributed by atoms with E-state index in [9.17, 15) is 72.9 Å². The van der Waals surface area contributed by atoms with Gasteiger partial charge in [-0.2, -0.15) is 52.7 Å². The van der Waals surface area contributed by atoms with Crippen LogP contribution in [0.25, 0.3) is 0 Å². The molecule has 0 aliphatic carbocycles. The maximum absolute atomic E-state index is 13.1. The highest BCUT2D eigenvalue weighted by Gasteiger charge is 2.38. The predicted octanol–water partition coefficient (Wildman–Crippen LogP) is 10.1. The summed E-state index contributed by atoms with van der Waals surface area (Å²) in [5, 5.41) is 23.3. The molecule has 8 nitrogen and oxygen atoms in total. The minimum atomic E-state index is -5.16. The van der Waals surface area contributed by atoms with E-state index in [-0.39, 0.29) is 34.4 Å². The summed E-state index contributed by atoms with van der Waals surface area (Å²) in [4.78, 5) is 21.5. The molecule has 0 aliphatic heterocycles. The van der Waals surface area contributed by atoms with Gasteiger partial charge in [0.2, 0.25) is 0 Å². The number of alkyl halides is 12. The molecule has 54 heavy (non-hydrogen) atoms. The molecule has 0 radical (unpaired) electrons. The predicted molar refractivity (Wildman–Crippen MR) is 162 cm³/mol. The number of hydrogen-bond donors (Lipinski definition) is 0. The van der Waals surface area contributed by atoms with Crippen LogP contribution in [0.15, 0.2) is 72.8 Å². The Labute approximate surface area is 294 Å². The summed E-state index contributed by atoms with van der Waals surface area (Å²) in [6.45, 7) is -1.62. The monoisotopic (exact) mass is 776 g/mol. The van der Waals surface area contributed by atoms with Gasteiger partial charge < -0.3 is 9.47 Å². The molecule has 0 unspecified atom stereocenters. The van der Waals surface area contributed by atoms with E-state index >= 15 is 0 Å². The quantitative estimate of drug-likeness (QED) is 0.0764. The van der Waals surface area contributed by atoms with E-state index in [4.69, 9.17) is 9.47 Å². The van der Waals surface area contributed by atoms with Gasteiger partial charge in [0.05, 0.1) is 43.2 Å². The van der Waals surface area contributed by atoms with Crippen molar-refractivity contribution in [3.8, 4) is 35.2 Å². The summed E-state index contributed by atoms with van der Waals surface area (Å²) in [6, 6.07) is 7.37. The summed E-state index contributed by atoms with van der Waals surface area (Å²) in [5.41, 5.74) is -8.50. The molecule has 4 rings (SSSR count). The average Bonchev–Trinajstić information content (AvgIpc) is 3.06. The molecule has 0 atom stereocenters. The number of nitro benzene ring substituents is 2. The maximum atomic E-state index is 13.1. The number of benzene rings is 4. The average molecular weight is 776 g/mol. The Morgan fingerprint density at radius 1 is 0.481 bits per heavy atom. The first-order valence-electron chi connectivity index (χ1n) is 14.3. The van der Waals surface area contributed by atoms with Gasteiger partial charge in [-0.3, -0.25) is 20.2 Å². The molecule has 0 amide bonds. The van der Waals surface area contributed by atoms with Gasteiger partial charge in [0, 0.05) is 23.3 Å². The van der Waals surface area contributed by atoms with Crippen LogP contribution < -0.4 is 9.47 Å². The molecule has 0 aromatic heterocycles. The van der Waals surface area contributed by atoms with Gasteiger partial charge in [-0.15, -0.1) is 0 Å². The molecule has 0 saturated carbocycles. The number of hydrogen-bond acceptors (Lipinski definition) is 6. The third kappa shape index (κ3) is 10.6. The third-order valence-corrected chi connectivity index (χ3v) is 6.95. The third-order valence-electron chi connectivity index (χ3n) is 6.95. The Balaban J connectivity index is 1.51. The van der Waals surface area contributed by atoms with Crippen molar-refractivity contribution in [1.29, 1.82) is 0 Å². The van der Waals surface area contributed by atoms with E-state index in [1.165, 1.54) is 12.1 Å². The Morgan fingerprint density at radius 3 is 1.04 bits per heavy atom. The van der Waals surface area contributed by atoms with E-state index in [1.54, 1.807) is 0 Å². The van der Waals surface area contributed by atoms with Crippen LogP contribution in [0.3, 0.4) is 0 Å². The van der Waals surface area contributed by atoms with Crippen molar-refractivity contribution in [2.75, 3.05) is 0 Å². The lowest BCUT2D eigenvalue weighted by Gasteiger charge is -2.15. The SMILES string of the molecule is O=[N+]([O-])c1cc(C#CC#Cc2ccc(COc3cc(C(F)(F)F)cc(C(F)(F)F)c3)c([N+](=O)[O-])c2)ccc1COc1cc(C(F)(F)F)cc(C(F)(F)F)c1. The first-order chi connectivity index (χ1) is 24.9. The number of rotatable bonds is 8. The van der Waals surface area contributed by atoms with Crippen LogP contribution in [0.1, 0.15) is 44.5 Å². The fourth-order valence-electron chi connectivity index (χ4n) is 4.42. The number of nitro groups is 2. The molecule has 0 aliphatic rings. The minimum absolute atomic E-state index is 0.0278. The lowest BCUT2D eigenvalue weighted by Crippen LogP contribution is -2.11. The van der Waals surface area contributed by atoms with Gasteiger partial charge in [-0.1, -0.05) is 11.8 Å². The summed E-state index contributed by atoms with van der Waals surface area (Å²) in [6.07, 6.45) is -20.6. The van der Waals surface area contributed by atoms with Crippen LogP contribution in [0.5, 0.6) is 11.5 Å². The molecule has 0 bridgehead atoms. The lowest BCUT2D eigenvalue weighted by molar-refractivity contribution is -0.386. The highest BCUT2D eigenvalue weighted by molar-refractivity contribution is 5.53. The Bertz CT molecular complexity index is 2000. The molecular formula is C34H16F12N2O6. The van der Waals surface area contributed by atoms with Gasteiger partial charge in [0.25, 0.3) is 11.4 Å². The minimum Gasteiger partial charge on any atom is -0.489 e. The van der Waals surface area contributed by atoms with Crippen LogP contribution in [-0.4, -0.2) is 9.85 Å². The van der Waals surface area contributed by atoms with Crippen molar-refractivity contribution in [1.82, 2.24) is 0 Å². The normalized spacial score (nSPS) is 11.9. The summed E-state index contributed by atoms with van der Waals surface area (Å²) in [5.74, 6) is 7.81. The fourth-order valence-corrected chi connectivity index (χ4v) is 4.42. The van der Waals surface area contributed by atoms with Gasteiger partial charge in [0.1, 0.15) is 24.7 Å². The van der Waals surface area contributed by atoms with E-state index in [2.05, 4.69) is 23.7 Å². The molecule has 0 heterocycles. The largest absolute Gasteiger partial charge is 0.489 e. The van der Waals surface area contributed by atoms with Crippen molar-refractivity contribution in [2.45, 2.75) is 37.9 Å². The van der Waals surface area contributed by atoms with Crippen molar-refractivity contribution >= 4 is 11.4 Å². The van der Waals surface area contributed by atoms with Crippen LogP contribution in [0.2, 0.25) is 0 Å². The van der Waals surface area contributed by atoms with Crippen molar-refractivity contribution in [3.63, 3.8) is 0 Å². The molecular weight excluding hydrogens is 760 g/mol. The summed E-state index contributed by atoms with van der Waals surface area (Å²) in [7, 11) is 0. The zero-order valence-electron chi connectivity index (χ0n) is 26.2. The smallest absolute Gasteiger partial charge is 0.416 e. The van der Waals surface area contributed by atoms with Gasteiger partial charge in [0.15, 0.2) is 0 Å². The second-order valence-corrected chi connectivity index (χ2v) is 10.8. The summed E-state index contributed by atoms with van der Waals surface area (Å²) >= 11 is 0. The molecule has 282 valence electrons. The number of ether oxygens (including phenoxy) is 2. The van der Waals surface area contributed by atoms with E-state index < -0.39 is 92.9 Å². The van der Waals surface area contributed by atoms with Gasteiger partial charge in [-0.05, 0) is 72.5 Å². The van der Waals surface area contributed by atoms with E-state index in [1.807, 2.05) is 0 Å². The van der Waals surface area contributed by atoms with E-state index in [0.29, 0.717) is 24.3 Å². The standard InChI is InChI=1S/C34H16F12N2O6/c35-31(36,37)23-11-24(32(38,39)40)14-27(13-23)53-17-21-7-5-19(9-29(21)47(49)50)3-1-2-4-20-6-8-22(30(10-20)48(51)52)18-54-28-15-25(33(41,42)43)12-26(16-28)34(44,45)46/h5-16H,17-18H2. The van der Waals surface area contributed by atoms with Crippen molar-refractivity contribution < 1.29 is 72.0 Å². The zero-order valence-corrected chi connectivity index (χ0v) is 26.2. The fraction of sp³-hybridized carbons (Fsp3) is 0.176. The summed E-state index contributed by atoms with van der Waals surface area (Å²) < 4.78 is 168. The Kier molecular flexibility index (Phi) is 11.4. The van der Waals surface area contributed by atoms with Gasteiger partial charge in [-0.25, -0.2) is 0 Å². The number of nitrogens with zero attached hydrogens (tertiary/aromatic N) is 2. The first-order valence-corrected chi connectivity index (χ1v) is 14.3. The molecule has 4 aromatic rings. The van der Waals surface area contributed by atoms with Crippen LogP contribution >= 0.6 is 0 Å². The molecule has 0 fully saturated rings. The van der Waals surface area contributed by atoms with E-state index in [0.717, 1.165) is 24.3 Å². The first kappa shape index (κ1) is 40.3. The molecule has 0 N–H and O–H groups in total. The highest BCUT2D eigenvalue weighted by Crippen LogP contribution is 2.40. The second kappa shape index (κ2) is 15.3. The molecule has 0 saturated heterocycles.